The molecule has 0 amide bonds. The van der Waals surface area contributed by atoms with E-state index >= 15 is 0 Å². The first-order chi connectivity index (χ1) is 10.8. The van der Waals surface area contributed by atoms with Gasteiger partial charge in [-0.15, -0.1) is 10.2 Å². The van der Waals surface area contributed by atoms with Gasteiger partial charge in [0.25, 0.3) is 0 Å². The van der Waals surface area contributed by atoms with E-state index in [1.807, 2.05) is 24.3 Å². The second kappa shape index (κ2) is 7.82. The van der Waals surface area contributed by atoms with Crippen molar-refractivity contribution in [2.45, 2.75) is 6.54 Å². The summed E-state index contributed by atoms with van der Waals surface area (Å²) in [5.74, 6) is 1.16. The van der Waals surface area contributed by atoms with E-state index in [1.54, 1.807) is 0 Å². The Morgan fingerprint density at radius 3 is 2.68 bits per heavy atom. The Labute approximate surface area is 138 Å². The van der Waals surface area contributed by atoms with Gasteiger partial charge in [-0.1, -0.05) is 15.9 Å². The lowest BCUT2D eigenvalue weighted by molar-refractivity contribution is 0.0383. The molecule has 2 aromatic rings. The van der Waals surface area contributed by atoms with Crippen molar-refractivity contribution in [2.24, 2.45) is 0 Å². The van der Waals surface area contributed by atoms with Gasteiger partial charge in [0.15, 0.2) is 0 Å². The van der Waals surface area contributed by atoms with Crippen molar-refractivity contribution in [1.29, 1.82) is 0 Å². The largest absolute Gasteiger partial charge is 0.419 e. The maximum atomic E-state index is 5.67. The lowest BCUT2D eigenvalue weighted by atomic mass is 10.2. The summed E-state index contributed by atoms with van der Waals surface area (Å²) in [5, 5.41) is 11.5. The molecule has 1 aromatic heterocycles. The van der Waals surface area contributed by atoms with Gasteiger partial charge in [-0.2, -0.15) is 0 Å². The molecule has 0 bridgehead atoms. The summed E-state index contributed by atoms with van der Waals surface area (Å²) in [4.78, 5) is 2.39. The van der Waals surface area contributed by atoms with Gasteiger partial charge in [-0.05, 0) is 24.3 Å². The molecule has 1 aromatic carbocycles. The van der Waals surface area contributed by atoms with Crippen molar-refractivity contribution in [3.63, 3.8) is 0 Å². The minimum Gasteiger partial charge on any atom is -0.419 e. The van der Waals surface area contributed by atoms with Crippen molar-refractivity contribution in [3.05, 3.63) is 34.6 Å². The highest BCUT2D eigenvalue weighted by Gasteiger charge is 2.10. The van der Waals surface area contributed by atoms with Crippen LogP contribution in [0.15, 0.2) is 33.2 Å². The molecule has 2 heterocycles. The number of halogens is 1. The Hall–Kier alpha value is -1.28. The second-order valence-electron chi connectivity index (χ2n) is 5.14. The summed E-state index contributed by atoms with van der Waals surface area (Å²) < 4.78 is 12.0. The van der Waals surface area contributed by atoms with Crippen LogP contribution in [0.4, 0.5) is 0 Å². The fraction of sp³-hybridized carbons (Fsp3) is 0.467. The highest BCUT2D eigenvalue weighted by molar-refractivity contribution is 9.10. The lowest BCUT2D eigenvalue weighted by Crippen LogP contribution is -2.40. The minimum atomic E-state index is 0.553. The van der Waals surface area contributed by atoms with Crippen LogP contribution < -0.4 is 5.32 Å². The molecule has 0 unspecified atom stereocenters. The Bertz CT molecular complexity index is 581. The molecule has 1 saturated heterocycles. The average Bonchev–Trinajstić information content (AvgIpc) is 3.02. The van der Waals surface area contributed by atoms with Crippen LogP contribution in [-0.2, 0) is 11.3 Å². The predicted octanol–water partition coefficient (Wildman–Crippen LogP) is 1.92. The molecule has 0 aliphatic carbocycles. The number of rotatable bonds is 6. The third-order valence-electron chi connectivity index (χ3n) is 3.54. The molecule has 1 N–H and O–H groups in total. The van der Waals surface area contributed by atoms with Gasteiger partial charge in [0.1, 0.15) is 0 Å². The topological polar surface area (TPSA) is 63.4 Å². The van der Waals surface area contributed by atoms with Crippen LogP contribution in [0.5, 0.6) is 0 Å². The molecule has 0 saturated carbocycles. The van der Waals surface area contributed by atoms with Crippen LogP contribution in [0.1, 0.15) is 5.89 Å². The van der Waals surface area contributed by atoms with Gasteiger partial charge >= 0.3 is 0 Å². The van der Waals surface area contributed by atoms with Gasteiger partial charge in [0, 0.05) is 36.2 Å². The molecule has 1 aliphatic heterocycles. The third kappa shape index (κ3) is 4.36. The summed E-state index contributed by atoms with van der Waals surface area (Å²) in [7, 11) is 0. The number of hydrogen-bond donors (Lipinski definition) is 1. The van der Waals surface area contributed by atoms with Crippen molar-refractivity contribution >= 4 is 15.9 Å². The number of nitrogens with zero attached hydrogens (tertiary/aromatic N) is 3. The molecule has 22 heavy (non-hydrogen) atoms. The Kier molecular flexibility index (Phi) is 5.55. The molecule has 0 atom stereocenters. The molecule has 3 rings (SSSR count). The molecule has 6 nitrogen and oxygen atoms in total. The fourth-order valence-corrected chi connectivity index (χ4v) is 2.56. The van der Waals surface area contributed by atoms with Crippen LogP contribution >= 0.6 is 15.9 Å². The molecule has 1 aliphatic rings. The zero-order valence-electron chi connectivity index (χ0n) is 12.3. The Morgan fingerprint density at radius 1 is 1.14 bits per heavy atom. The normalized spacial score (nSPS) is 16.0. The first kappa shape index (κ1) is 15.6. The second-order valence-corrected chi connectivity index (χ2v) is 6.05. The SMILES string of the molecule is Brc1ccc(-c2nnc(CNCCN3CCOCC3)o2)cc1. The first-order valence-electron chi connectivity index (χ1n) is 7.40. The minimum absolute atomic E-state index is 0.553. The van der Waals surface area contributed by atoms with Crippen molar-refractivity contribution in [2.75, 3.05) is 39.4 Å². The van der Waals surface area contributed by atoms with Gasteiger partial charge in [-0.25, -0.2) is 0 Å². The lowest BCUT2D eigenvalue weighted by Gasteiger charge is -2.26. The quantitative estimate of drug-likeness (QED) is 0.788. The van der Waals surface area contributed by atoms with Crippen LogP contribution in [-0.4, -0.2) is 54.5 Å². The third-order valence-corrected chi connectivity index (χ3v) is 4.07. The number of benzene rings is 1. The molecule has 1 fully saturated rings. The van der Waals surface area contributed by atoms with Crippen LogP contribution in [0.25, 0.3) is 11.5 Å². The Balaban J connectivity index is 1.44. The fourth-order valence-electron chi connectivity index (χ4n) is 2.29. The molecule has 118 valence electrons. The molecular formula is C15H19BrN4O2. The standard InChI is InChI=1S/C15H19BrN4O2/c16-13-3-1-12(2-4-13)15-19-18-14(22-15)11-17-5-6-20-7-9-21-10-8-20/h1-4,17H,5-11H2. The van der Waals surface area contributed by atoms with E-state index in [9.17, 15) is 0 Å². The zero-order valence-corrected chi connectivity index (χ0v) is 13.9. The number of morpholine rings is 1. The van der Waals surface area contributed by atoms with Gasteiger partial charge in [0.2, 0.25) is 11.8 Å². The number of aromatic nitrogens is 2. The highest BCUT2D eigenvalue weighted by Crippen LogP contribution is 2.20. The Morgan fingerprint density at radius 2 is 1.91 bits per heavy atom. The van der Waals surface area contributed by atoms with E-state index < -0.39 is 0 Å². The maximum absolute atomic E-state index is 5.67. The number of hydrogen-bond acceptors (Lipinski definition) is 6. The van der Waals surface area contributed by atoms with Crippen LogP contribution in [0.3, 0.4) is 0 Å². The van der Waals surface area contributed by atoms with Crippen molar-refractivity contribution < 1.29 is 9.15 Å². The smallest absolute Gasteiger partial charge is 0.247 e. The summed E-state index contributed by atoms with van der Waals surface area (Å²) in [5.41, 5.74) is 0.926. The first-order valence-corrected chi connectivity index (χ1v) is 8.20. The van der Waals surface area contributed by atoms with Gasteiger partial charge in [-0.3, -0.25) is 4.90 Å². The van der Waals surface area contributed by atoms with E-state index in [4.69, 9.17) is 9.15 Å². The summed E-state index contributed by atoms with van der Waals surface area (Å²) in [6.45, 7) is 6.19. The summed E-state index contributed by atoms with van der Waals surface area (Å²) in [6, 6.07) is 7.82. The van der Waals surface area contributed by atoms with Crippen LogP contribution in [0, 0.1) is 0 Å². The molecule has 0 radical (unpaired) electrons. The van der Waals surface area contributed by atoms with Gasteiger partial charge < -0.3 is 14.5 Å². The predicted molar refractivity (Wildman–Crippen MR) is 86.4 cm³/mol. The van der Waals surface area contributed by atoms with E-state index in [0.717, 1.165) is 49.4 Å². The van der Waals surface area contributed by atoms with E-state index in [0.29, 0.717) is 18.3 Å². The summed E-state index contributed by atoms with van der Waals surface area (Å²) >= 11 is 3.41. The number of ether oxygens (including phenoxy) is 1. The van der Waals surface area contributed by atoms with E-state index in [1.165, 1.54) is 0 Å². The van der Waals surface area contributed by atoms with E-state index in [-0.39, 0.29) is 0 Å². The monoisotopic (exact) mass is 366 g/mol. The molecule has 0 spiro atoms. The van der Waals surface area contributed by atoms with E-state index in [2.05, 4.69) is 36.3 Å². The number of nitrogens with one attached hydrogen (secondary N) is 1. The molecule has 7 heteroatoms. The van der Waals surface area contributed by atoms with Crippen molar-refractivity contribution in [1.82, 2.24) is 20.4 Å². The average molecular weight is 367 g/mol. The maximum Gasteiger partial charge on any atom is 0.247 e. The zero-order chi connectivity index (χ0) is 15.2. The van der Waals surface area contributed by atoms with Crippen molar-refractivity contribution in [3.8, 4) is 11.5 Å². The summed E-state index contributed by atoms with van der Waals surface area (Å²) in [6.07, 6.45) is 0. The van der Waals surface area contributed by atoms with Gasteiger partial charge in [0.05, 0.1) is 19.8 Å². The molecular weight excluding hydrogens is 348 g/mol. The highest BCUT2D eigenvalue weighted by atomic mass is 79.9. The van der Waals surface area contributed by atoms with Crippen LogP contribution in [0.2, 0.25) is 0 Å².